The molecule has 1 aromatic rings. The van der Waals surface area contributed by atoms with E-state index in [4.69, 9.17) is 0 Å². The number of anilines is 1. The Morgan fingerprint density at radius 2 is 2.15 bits per heavy atom. The van der Waals surface area contributed by atoms with E-state index in [0.29, 0.717) is 0 Å². The highest BCUT2D eigenvalue weighted by Crippen LogP contribution is 2.26. The number of hydrogen-bond donors (Lipinski definition) is 1. The van der Waals surface area contributed by atoms with Gasteiger partial charge in [-0.1, -0.05) is 32.1 Å². The van der Waals surface area contributed by atoms with Crippen LogP contribution in [-0.2, 0) is 6.54 Å². The van der Waals surface area contributed by atoms with Crippen molar-refractivity contribution in [1.82, 2.24) is 15.1 Å². The van der Waals surface area contributed by atoms with Gasteiger partial charge in [0.25, 0.3) is 0 Å². The highest BCUT2D eigenvalue weighted by Gasteiger charge is 2.20. The predicted molar refractivity (Wildman–Crippen MR) is 86.1 cm³/mol. The van der Waals surface area contributed by atoms with E-state index in [-0.39, 0.29) is 0 Å². The van der Waals surface area contributed by atoms with Gasteiger partial charge in [0.2, 0.25) is 5.13 Å². The fourth-order valence-electron chi connectivity index (χ4n) is 2.82. The van der Waals surface area contributed by atoms with Crippen molar-refractivity contribution in [3.63, 3.8) is 0 Å². The summed E-state index contributed by atoms with van der Waals surface area (Å²) in [5, 5.41) is 14.0. The monoisotopic (exact) mass is 296 g/mol. The molecule has 1 fully saturated rings. The van der Waals surface area contributed by atoms with Crippen molar-refractivity contribution in [2.45, 2.75) is 53.0 Å². The number of likely N-dealkylation sites (tertiary alicyclic amines) is 1. The Hall–Kier alpha value is -0.680. The van der Waals surface area contributed by atoms with Gasteiger partial charge in [0.1, 0.15) is 5.01 Å². The Kier molecular flexibility index (Phi) is 6.23. The number of aromatic nitrogens is 2. The van der Waals surface area contributed by atoms with E-state index >= 15 is 0 Å². The predicted octanol–water partition coefficient (Wildman–Crippen LogP) is 3.62. The van der Waals surface area contributed by atoms with Gasteiger partial charge < -0.3 is 5.32 Å². The molecule has 0 amide bonds. The van der Waals surface area contributed by atoms with Crippen LogP contribution in [-0.4, -0.2) is 34.7 Å². The number of rotatable bonds is 6. The standard InChI is InChI=1S/C15H28N4S/c1-4-8-16-15-18-17-14(20-15)11-19-9-5-6-13(7-10-19)12(2)3/h12-13H,4-11H2,1-3H3,(H,16,18). The molecule has 2 heterocycles. The van der Waals surface area contributed by atoms with Crippen LogP contribution >= 0.6 is 11.3 Å². The molecule has 1 aromatic heterocycles. The number of nitrogens with zero attached hydrogens (tertiary/aromatic N) is 3. The fraction of sp³-hybridized carbons (Fsp3) is 0.867. The van der Waals surface area contributed by atoms with Crippen molar-refractivity contribution in [3.05, 3.63) is 5.01 Å². The van der Waals surface area contributed by atoms with Gasteiger partial charge in [0.15, 0.2) is 0 Å². The summed E-state index contributed by atoms with van der Waals surface area (Å²) in [6.07, 6.45) is 5.16. The van der Waals surface area contributed by atoms with Gasteiger partial charge in [-0.05, 0) is 50.6 Å². The summed E-state index contributed by atoms with van der Waals surface area (Å²) in [5.41, 5.74) is 0. The van der Waals surface area contributed by atoms with Crippen LogP contribution in [0.2, 0.25) is 0 Å². The summed E-state index contributed by atoms with van der Waals surface area (Å²) < 4.78 is 0. The van der Waals surface area contributed by atoms with Crippen LogP contribution in [0.25, 0.3) is 0 Å². The van der Waals surface area contributed by atoms with E-state index < -0.39 is 0 Å². The van der Waals surface area contributed by atoms with Gasteiger partial charge in [-0.15, -0.1) is 10.2 Å². The Morgan fingerprint density at radius 1 is 1.30 bits per heavy atom. The van der Waals surface area contributed by atoms with Gasteiger partial charge in [0.05, 0.1) is 6.54 Å². The van der Waals surface area contributed by atoms with E-state index in [0.717, 1.165) is 41.5 Å². The molecule has 4 nitrogen and oxygen atoms in total. The topological polar surface area (TPSA) is 41.1 Å². The minimum absolute atomic E-state index is 0.821. The van der Waals surface area contributed by atoms with Crippen LogP contribution < -0.4 is 5.32 Å². The van der Waals surface area contributed by atoms with Crippen LogP contribution in [0.5, 0.6) is 0 Å². The molecule has 5 heteroatoms. The molecule has 1 N–H and O–H groups in total. The maximum absolute atomic E-state index is 4.31. The summed E-state index contributed by atoms with van der Waals surface area (Å²) in [6, 6.07) is 0. The third-order valence-corrected chi connectivity index (χ3v) is 5.03. The molecule has 0 radical (unpaired) electrons. The summed E-state index contributed by atoms with van der Waals surface area (Å²) in [5.74, 6) is 1.72. The van der Waals surface area contributed by atoms with Crippen LogP contribution in [0.3, 0.4) is 0 Å². The maximum Gasteiger partial charge on any atom is 0.205 e. The molecule has 0 aliphatic carbocycles. The molecular formula is C15H28N4S. The summed E-state index contributed by atoms with van der Waals surface area (Å²) >= 11 is 1.71. The molecule has 2 rings (SSSR count). The van der Waals surface area contributed by atoms with E-state index in [1.165, 1.54) is 32.4 Å². The van der Waals surface area contributed by atoms with Crippen molar-refractivity contribution >= 4 is 16.5 Å². The van der Waals surface area contributed by atoms with Crippen molar-refractivity contribution in [3.8, 4) is 0 Å². The van der Waals surface area contributed by atoms with Crippen molar-refractivity contribution in [2.24, 2.45) is 11.8 Å². The van der Waals surface area contributed by atoms with E-state index in [1.54, 1.807) is 11.3 Å². The molecule has 114 valence electrons. The lowest BCUT2D eigenvalue weighted by molar-refractivity contribution is 0.264. The van der Waals surface area contributed by atoms with Gasteiger partial charge in [-0.3, -0.25) is 4.90 Å². The summed E-state index contributed by atoms with van der Waals surface area (Å²) in [6.45, 7) is 11.2. The first-order chi connectivity index (χ1) is 9.69. The van der Waals surface area contributed by atoms with Crippen molar-refractivity contribution in [1.29, 1.82) is 0 Å². The van der Waals surface area contributed by atoms with Crippen molar-refractivity contribution < 1.29 is 0 Å². The summed E-state index contributed by atoms with van der Waals surface area (Å²) in [4.78, 5) is 2.55. The number of nitrogens with one attached hydrogen (secondary N) is 1. The minimum Gasteiger partial charge on any atom is -0.360 e. The fourth-order valence-corrected chi connectivity index (χ4v) is 3.63. The highest BCUT2D eigenvalue weighted by atomic mass is 32.1. The minimum atomic E-state index is 0.821. The molecule has 20 heavy (non-hydrogen) atoms. The quantitative estimate of drug-likeness (QED) is 0.870. The molecule has 0 bridgehead atoms. The average Bonchev–Trinajstić information content (AvgIpc) is 2.72. The zero-order valence-electron chi connectivity index (χ0n) is 13.1. The zero-order chi connectivity index (χ0) is 14.4. The van der Waals surface area contributed by atoms with Crippen LogP contribution in [0.1, 0.15) is 51.5 Å². The lowest BCUT2D eigenvalue weighted by atomic mass is 9.89. The van der Waals surface area contributed by atoms with Gasteiger partial charge >= 0.3 is 0 Å². The smallest absolute Gasteiger partial charge is 0.205 e. The molecular weight excluding hydrogens is 268 g/mol. The second-order valence-corrected chi connectivity index (χ2v) is 7.20. The van der Waals surface area contributed by atoms with Gasteiger partial charge in [0, 0.05) is 6.54 Å². The Balaban J connectivity index is 1.82. The molecule has 1 unspecified atom stereocenters. The van der Waals surface area contributed by atoms with Gasteiger partial charge in [-0.2, -0.15) is 0 Å². The maximum atomic E-state index is 4.31. The number of hydrogen-bond acceptors (Lipinski definition) is 5. The molecule has 1 aliphatic rings. The lowest BCUT2D eigenvalue weighted by Crippen LogP contribution is -2.24. The van der Waals surface area contributed by atoms with Crippen LogP contribution in [0.15, 0.2) is 0 Å². The van der Waals surface area contributed by atoms with E-state index in [2.05, 4.69) is 41.2 Å². The van der Waals surface area contributed by atoms with Crippen LogP contribution in [0.4, 0.5) is 5.13 Å². The Bertz CT molecular complexity index is 391. The van der Waals surface area contributed by atoms with Gasteiger partial charge in [-0.25, -0.2) is 0 Å². The lowest BCUT2D eigenvalue weighted by Gasteiger charge is -2.20. The third kappa shape index (κ3) is 4.70. The first-order valence-electron chi connectivity index (χ1n) is 7.97. The first-order valence-corrected chi connectivity index (χ1v) is 8.79. The Morgan fingerprint density at radius 3 is 2.90 bits per heavy atom. The normalized spacial score (nSPS) is 21.1. The molecule has 1 aliphatic heterocycles. The SMILES string of the molecule is CCCNc1nnc(CN2CCCC(C(C)C)CC2)s1. The second-order valence-electron chi connectivity index (χ2n) is 6.14. The molecule has 1 saturated heterocycles. The molecule has 0 spiro atoms. The third-order valence-electron chi connectivity index (χ3n) is 4.16. The average molecular weight is 296 g/mol. The molecule has 1 atom stereocenters. The summed E-state index contributed by atoms with van der Waals surface area (Å²) in [7, 11) is 0. The van der Waals surface area contributed by atoms with Crippen LogP contribution in [0, 0.1) is 11.8 Å². The first kappa shape index (κ1) is 15.7. The second kappa shape index (κ2) is 7.93. The van der Waals surface area contributed by atoms with E-state index in [1.807, 2.05) is 0 Å². The zero-order valence-corrected chi connectivity index (χ0v) is 13.9. The Labute approximate surface area is 127 Å². The van der Waals surface area contributed by atoms with Crippen molar-refractivity contribution in [2.75, 3.05) is 25.0 Å². The highest BCUT2D eigenvalue weighted by molar-refractivity contribution is 7.15. The largest absolute Gasteiger partial charge is 0.360 e. The molecule has 0 saturated carbocycles. The van der Waals surface area contributed by atoms with E-state index in [9.17, 15) is 0 Å². The molecule has 0 aromatic carbocycles.